The highest BCUT2D eigenvalue weighted by molar-refractivity contribution is 5.81. The number of carbonyl (C=O) groups excluding carboxylic acids is 1. The van der Waals surface area contributed by atoms with Gasteiger partial charge in [0.25, 0.3) is 0 Å². The Morgan fingerprint density at radius 3 is 2.75 bits per heavy atom. The molecule has 0 radical (unpaired) electrons. The summed E-state index contributed by atoms with van der Waals surface area (Å²) in [5.41, 5.74) is 6.06. The van der Waals surface area contributed by atoms with Crippen molar-refractivity contribution in [2.75, 3.05) is 13.1 Å². The summed E-state index contributed by atoms with van der Waals surface area (Å²) in [6.07, 6.45) is 7.07. The molecule has 16 heavy (non-hydrogen) atoms. The molecule has 1 amide bonds. The van der Waals surface area contributed by atoms with Crippen LogP contribution in [-0.4, -0.2) is 29.9 Å². The van der Waals surface area contributed by atoms with Crippen molar-refractivity contribution in [2.45, 2.75) is 39.2 Å². The van der Waals surface area contributed by atoms with Crippen molar-refractivity contribution in [2.24, 2.45) is 17.1 Å². The van der Waals surface area contributed by atoms with Crippen LogP contribution in [0.1, 0.15) is 33.1 Å². The largest absolute Gasteiger partial charge is 0.342 e. The second-order valence-corrected chi connectivity index (χ2v) is 5.92. The van der Waals surface area contributed by atoms with Gasteiger partial charge in [0.1, 0.15) is 0 Å². The molecule has 1 aliphatic carbocycles. The van der Waals surface area contributed by atoms with E-state index in [9.17, 15) is 4.79 Å². The maximum Gasteiger partial charge on any atom is 0.229 e. The molecular weight excluding hydrogens is 200 g/mol. The summed E-state index contributed by atoms with van der Waals surface area (Å²) in [6, 6.07) is 0.0757. The minimum Gasteiger partial charge on any atom is -0.342 e. The van der Waals surface area contributed by atoms with Crippen molar-refractivity contribution in [3.05, 3.63) is 12.2 Å². The highest BCUT2D eigenvalue weighted by Gasteiger charge is 2.33. The van der Waals surface area contributed by atoms with E-state index in [2.05, 4.69) is 13.8 Å². The summed E-state index contributed by atoms with van der Waals surface area (Å²) >= 11 is 0. The van der Waals surface area contributed by atoms with Crippen LogP contribution in [0.5, 0.6) is 0 Å². The first-order valence-corrected chi connectivity index (χ1v) is 6.21. The van der Waals surface area contributed by atoms with E-state index < -0.39 is 0 Å². The minimum absolute atomic E-state index is 0.0314. The molecule has 2 N–H and O–H groups in total. The van der Waals surface area contributed by atoms with Gasteiger partial charge in [0, 0.05) is 19.1 Å². The molecule has 0 aromatic heterocycles. The number of nitrogens with two attached hydrogens (primary N) is 1. The predicted octanol–water partition coefficient (Wildman–Crippen LogP) is 1.54. The summed E-state index contributed by atoms with van der Waals surface area (Å²) in [5.74, 6) is 0.306. The Kier molecular flexibility index (Phi) is 3.06. The number of hydrogen-bond donors (Lipinski definition) is 1. The van der Waals surface area contributed by atoms with Crippen molar-refractivity contribution in [3.8, 4) is 0 Å². The monoisotopic (exact) mass is 222 g/mol. The van der Waals surface area contributed by atoms with E-state index in [1.165, 1.54) is 6.42 Å². The van der Waals surface area contributed by atoms with Crippen LogP contribution >= 0.6 is 0 Å². The lowest BCUT2D eigenvalue weighted by atomic mass is 9.83. The van der Waals surface area contributed by atoms with Crippen LogP contribution in [0.15, 0.2) is 12.2 Å². The number of piperidine rings is 1. The van der Waals surface area contributed by atoms with Gasteiger partial charge in [0.2, 0.25) is 5.91 Å². The molecule has 2 rings (SSSR count). The number of rotatable bonds is 1. The van der Waals surface area contributed by atoms with Crippen molar-refractivity contribution < 1.29 is 4.79 Å². The summed E-state index contributed by atoms with van der Waals surface area (Å²) in [7, 11) is 0. The number of amides is 1. The average Bonchev–Trinajstić information content (AvgIpc) is 2.62. The first-order chi connectivity index (χ1) is 7.48. The second-order valence-electron chi connectivity index (χ2n) is 5.92. The predicted molar refractivity (Wildman–Crippen MR) is 64.8 cm³/mol. The zero-order valence-corrected chi connectivity index (χ0v) is 10.3. The molecule has 1 heterocycles. The fourth-order valence-electron chi connectivity index (χ4n) is 2.76. The van der Waals surface area contributed by atoms with Gasteiger partial charge < -0.3 is 10.6 Å². The first kappa shape index (κ1) is 11.6. The Labute approximate surface area is 97.7 Å². The second kappa shape index (κ2) is 4.21. The Morgan fingerprint density at radius 2 is 2.19 bits per heavy atom. The Morgan fingerprint density at radius 1 is 1.44 bits per heavy atom. The van der Waals surface area contributed by atoms with Crippen molar-refractivity contribution in [1.82, 2.24) is 4.90 Å². The lowest BCUT2D eigenvalue weighted by Gasteiger charge is -2.39. The van der Waals surface area contributed by atoms with Crippen LogP contribution in [0.3, 0.4) is 0 Å². The highest BCUT2D eigenvalue weighted by atomic mass is 16.2. The zero-order chi connectivity index (χ0) is 11.8. The van der Waals surface area contributed by atoms with E-state index in [1.807, 2.05) is 17.1 Å². The normalized spacial score (nSPS) is 33.1. The van der Waals surface area contributed by atoms with Crippen molar-refractivity contribution >= 4 is 5.91 Å². The minimum atomic E-state index is 0.0314. The topological polar surface area (TPSA) is 46.3 Å². The molecule has 3 heteroatoms. The smallest absolute Gasteiger partial charge is 0.229 e. The Balaban J connectivity index is 1.97. The average molecular weight is 222 g/mol. The van der Waals surface area contributed by atoms with Crippen LogP contribution in [-0.2, 0) is 4.79 Å². The molecule has 0 saturated carbocycles. The molecule has 2 atom stereocenters. The third-order valence-corrected chi connectivity index (χ3v) is 3.65. The fraction of sp³-hybridized carbons (Fsp3) is 0.769. The standard InChI is InChI=1S/C13H22N2O/c1-13(2)6-3-7-15(9-13)12(16)10-4-5-11(14)8-10/h4-5,10-11H,3,6-9,14H2,1-2H3. The van der Waals surface area contributed by atoms with Gasteiger partial charge in [-0.15, -0.1) is 0 Å². The first-order valence-electron chi connectivity index (χ1n) is 6.21. The molecule has 1 saturated heterocycles. The van der Waals surface area contributed by atoms with Gasteiger partial charge >= 0.3 is 0 Å². The Hall–Kier alpha value is -0.830. The number of hydrogen-bond acceptors (Lipinski definition) is 2. The molecule has 1 fully saturated rings. The van der Waals surface area contributed by atoms with Crippen molar-refractivity contribution in [3.63, 3.8) is 0 Å². The van der Waals surface area contributed by atoms with Crippen LogP contribution in [0.2, 0.25) is 0 Å². The molecule has 0 bridgehead atoms. The van der Waals surface area contributed by atoms with E-state index in [1.54, 1.807) is 0 Å². The summed E-state index contributed by atoms with van der Waals surface area (Å²) in [5, 5.41) is 0. The van der Waals surface area contributed by atoms with Gasteiger partial charge in [-0.05, 0) is 24.7 Å². The molecule has 0 aromatic carbocycles. The highest BCUT2D eigenvalue weighted by Crippen LogP contribution is 2.30. The van der Waals surface area contributed by atoms with Gasteiger partial charge in [-0.25, -0.2) is 0 Å². The lowest BCUT2D eigenvalue weighted by molar-refractivity contribution is -0.137. The van der Waals surface area contributed by atoms with E-state index >= 15 is 0 Å². The van der Waals surface area contributed by atoms with Gasteiger partial charge in [0.15, 0.2) is 0 Å². The summed E-state index contributed by atoms with van der Waals surface area (Å²) < 4.78 is 0. The third kappa shape index (κ3) is 2.46. The molecular formula is C13H22N2O. The molecule has 0 spiro atoms. The third-order valence-electron chi connectivity index (χ3n) is 3.65. The Bertz CT molecular complexity index is 309. The molecule has 2 aliphatic rings. The quantitative estimate of drug-likeness (QED) is 0.684. The van der Waals surface area contributed by atoms with Crippen LogP contribution in [0.4, 0.5) is 0 Å². The fourth-order valence-corrected chi connectivity index (χ4v) is 2.76. The van der Waals surface area contributed by atoms with Crippen molar-refractivity contribution in [1.29, 1.82) is 0 Å². The van der Waals surface area contributed by atoms with Crippen LogP contribution in [0, 0.1) is 11.3 Å². The van der Waals surface area contributed by atoms with E-state index in [0.717, 1.165) is 25.9 Å². The number of likely N-dealkylation sites (tertiary alicyclic amines) is 1. The van der Waals surface area contributed by atoms with Gasteiger partial charge in [0.05, 0.1) is 5.92 Å². The van der Waals surface area contributed by atoms with E-state index in [0.29, 0.717) is 0 Å². The molecule has 3 nitrogen and oxygen atoms in total. The lowest BCUT2D eigenvalue weighted by Crippen LogP contribution is -2.45. The van der Waals surface area contributed by atoms with Gasteiger partial charge in [-0.1, -0.05) is 26.0 Å². The summed E-state index contributed by atoms with van der Waals surface area (Å²) in [4.78, 5) is 14.3. The van der Waals surface area contributed by atoms with Crippen LogP contribution < -0.4 is 5.73 Å². The maximum atomic E-state index is 12.3. The number of carbonyl (C=O) groups is 1. The van der Waals surface area contributed by atoms with Crippen LogP contribution in [0.25, 0.3) is 0 Å². The molecule has 2 unspecified atom stereocenters. The molecule has 0 aromatic rings. The zero-order valence-electron chi connectivity index (χ0n) is 10.3. The van der Waals surface area contributed by atoms with Gasteiger partial charge in [-0.3, -0.25) is 4.79 Å². The SMILES string of the molecule is CC1(C)CCCN(C(=O)C2C=CC(N)C2)C1. The maximum absolute atomic E-state index is 12.3. The number of nitrogens with zero attached hydrogens (tertiary/aromatic N) is 1. The molecule has 1 aliphatic heterocycles. The summed E-state index contributed by atoms with van der Waals surface area (Å²) in [6.45, 7) is 6.29. The van der Waals surface area contributed by atoms with E-state index in [4.69, 9.17) is 5.73 Å². The van der Waals surface area contributed by atoms with E-state index in [-0.39, 0.29) is 23.3 Å². The van der Waals surface area contributed by atoms with Gasteiger partial charge in [-0.2, -0.15) is 0 Å². The molecule has 90 valence electrons.